The second-order valence-electron chi connectivity index (χ2n) is 7.04. The molecule has 24 heavy (non-hydrogen) atoms. The molecule has 3 nitrogen and oxygen atoms in total. The van der Waals surface area contributed by atoms with Gasteiger partial charge in [0.15, 0.2) is 0 Å². The van der Waals surface area contributed by atoms with Crippen LogP contribution in [0.15, 0.2) is 35.7 Å². The van der Waals surface area contributed by atoms with E-state index in [9.17, 15) is 4.79 Å². The summed E-state index contributed by atoms with van der Waals surface area (Å²) in [6.07, 6.45) is 8.33. The molecule has 2 aliphatic rings. The van der Waals surface area contributed by atoms with Crippen molar-refractivity contribution in [2.45, 2.75) is 51.0 Å². The van der Waals surface area contributed by atoms with Crippen LogP contribution in [0.3, 0.4) is 0 Å². The maximum atomic E-state index is 13.0. The molecule has 2 atom stereocenters. The van der Waals surface area contributed by atoms with Crippen LogP contribution in [0.25, 0.3) is 0 Å². The highest BCUT2D eigenvalue weighted by Crippen LogP contribution is 2.36. The van der Waals surface area contributed by atoms with Crippen molar-refractivity contribution in [1.82, 2.24) is 9.88 Å². The second kappa shape index (κ2) is 7.06. The third-order valence-electron chi connectivity index (χ3n) is 5.47. The van der Waals surface area contributed by atoms with Crippen LogP contribution in [-0.2, 0) is 6.42 Å². The summed E-state index contributed by atoms with van der Waals surface area (Å²) in [6, 6.07) is 10.8. The fourth-order valence-electron chi connectivity index (χ4n) is 4.28. The third-order valence-corrected chi connectivity index (χ3v) is 6.32. The third kappa shape index (κ3) is 3.25. The lowest BCUT2D eigenvalue weighted by molar-refractivity contribution is 0.0386. The molecule has 4 rings (SSSR count). The zero-order valence-corrected chi connectivity index (χ0v) is 14.8. The number of hydrogen-bond donors (Lipinski definition) is 0. The number of fused-ring (bicyclic) bond motifs is 1. The van der Waals surface area contributed by atoms with Gasteiger partial charge in [-0.3, -0.25) is 4.79 Å². The average molecular weight is 340 g/mol. The van der Waals surface area contributed by atoms with Crippen molar-refractivity contribution in [3.05, 3.63) is 52.0 Å². The molecule has 0 unspecified atom stereocenters. The van der Waals surface area contributed by atoms with E-state index in [1.807, 2.05) is 23.6 Å². The van der Waals surface area contributed by atoms with E-state index in [-0.39, 0.29) is 5.91 Å². The van der Waals surface area contributed by atoms with Gasteiger partial charge >= 0.3 is 0 Å². The molecule has 2 fully saturated rings. The van der Waals surface area contributed by atoms with Crippen LogP contribution < -0.4 is 0 Å². The van der Waals surface area contributed by atoms with E-state index in [1.54, 1.807) is 11.3 Å². The number of benzene rings is 1. The van der Waals surface area contributed by atoms with Gasteiger partial charge in [-0.25, -0.2) is 4.98 Å². The molecule has 126 valence electrons. The summed E-state index contributed by atoms with van der Waals surface area (Å²) in [5.41, 5.74) is 1.90. The maximum Gasteiger partial charge on any atom is 0.273 e. The topological polar surface area (TPSA) is 33.2 Å². The van der Waals surface area contributed by atoms with Gasteiger partial charge in [-0.2, -0.15) is 0 Å². The van der Waals surface area contributed by atoms with Crippen molar-refractivity contribution in [3.63, 3.8) is 0 Å². The first-order valence-corrected chi connectivity index (χ1v) is 9.98. The standard InChI is InChI=1S/C20H24N2OS/c23-20(22-12-6-10-16-9-4-5-11-18(16)22)17-14-24-19(21-17)13-15-7-2-1-3-8-15/h1-3,7-8,14,16,18H,4-6,9-13H2/t16-,18-/m1/s1. The fourth-order valence-corrected chi connectivity index (χ4v) is 5.09. The van der Waals surface area contributed by atoms with Gasteiger partial charge in [0.1, 0.15) is 5.69 Å². The summed E-state index contributed by atoms with van der Waals surface area (Å²) in [5.74, 6) is 0.876. The summed E-state index contributed by atoms with van der Waals surface area (Å²) in [4.78, 5) is 19.8. The van der Waals surface area contributed by atoms with E-state index in [4.69, 9.17) is 0 Å². The van der Waals surface area contributed by atoms with Gasteiger partial charge in [-0.15, -0.1) is 11.3 Å². The number of likely N-dealkylation sites (tertiary alicyclic amines) is 1. The fraction of sp³-hybridized carbons (Fsp3) is 0.500. The van der Waals surface area contributed by atoms with Crippen LogP contribution in [0, 0.1) is 5.92 Å². The van der Waals surface area contributed by atoms with Gasteiger partial charge in [0, 0.05) is 24.4 Å². The number of rotatable bonds is 3. The molecule has 1 aromatic heterocycles. The predicted molar refractivity (Wildman–Crippen MR) is 97.4 cm³/mol. The zero-order valence-electron chi connectivity index (χ0n) is 14.0. The minimum Gasteiger partial charge on any atom is -0.334 e. The summed E-state index contributed by atoms with van der Waals surface area (Å²) in [6.45, 7) is 0.908. The number of nitrogens with zero attached hydrogens (tertiary/aromatic N) is 2. The Hall–Kier alpha value is -1.68. The van der Waals surface area contributed by atoms with Crippen LogP contribution in [0.2, 0.25) is 0 Å². The summed E-state index contributed by atoms with van der Waals surface area (Å²) >= 11 is 1.61. The van der Waals surface area contributed by atoms with Crippen molar-refractivity contribution < 1.29 is 4.79 Å². The summed E-state index contributed by atoms with van der Waals surface area (Å²) in [5, 5.41) is 2.98. The van der Waals surface area contributed by atoms with Gasteiger partial charge in [0.05, 0.1) is 5.01 Å². The number of carbonyl (C=O) groups excluding carboxylic acids is 1. The number of carbonyl (C=O) groups is 1. The number of aromatic nitrogens is 1. The Bertz CT molecular complexity index is 695. The zero-order chi connectivity index (χ0) is 16.4. The molecule has 1 aliphatic heterocycles. The van der Waals surface area contributed by atoms with Crippen LogP contribution in [-0.4, -0.2) is 28.4 Å². The van der Waals surface area contributed by atoms with Gasteiger partial charge in [0.2, 0.25) is 0 Å². The second-order valence-corrected chi connectivity index (χ2v) is 7.98. The Kier molecular flexibility index (Phi) is 4.65. The van der Waals surface area contributed by atoms with Gasteiger partial charge in [0.25, 0.3) is 5.91 Å². The Balaban J connectivity index is 1.48. The largest absolute Gasteiger partial charge is 0.334 e. The molecule has 0 radical (unpaired) electrons. The SMILES string of the molecule is O=C(c1csc(Cc2ccccc2)n1)N1CCC[C@H]2CCCC[C@H]21. The van der Waals surface area contributed by atoms with Crippen molar-refractivity contribution in [2.75, 3.05) is 6.54 Å². The van der Waals surface area contributed by atoms with E-state index >= 15 is 0 Å². The van der Waals surface area contributed by atoms with E-state index in [1.165, 1.54) is 37.7 Å². The van der Waals surface area contributed by atoms with Crippen LogP contribution in [0.5, 0.6) is 0 Å². The highest BCUT2D eigenvalue weighted by molar-refractivity contribution is 7.09. The first kappa shape index (κ1) is 15.8. The number of thiazole rings is 1. The minimum absolute atomic E-state index is 0.155. The Morgan fingerprint density at radius 2 is 1.92 bits per heavy atom. The van der Waals surface area contributed by atoms with Gasteiger partial charge in [-0.05, 0) is 37.2 Å². The van der Waals surface area contributed by atoms with Crippen molar-refractivity contribution >= 4 is 17.2 Å². The smallest absolute Gasteiger partial charge is 0.273 e. The first-order valence-electron chi connectivity index (χ1n) is 9.10. The highest BCUT2D eigenvalue weighted by atomic mass is 32.1. The van der Waals surface area contributed by atoms with E-state index in [2.05, 4.69) is 22.0 Å². The van der Waals surface area contributed by atoms with Crippen LogP contribution in [0.1, 0.15) is 59.6 Å². The lowest BCUT2D eigenvalue weighted by Crippen LogP contribution is -2.49. The molecule has 2 heterocycles. The Morgan fingerprint density at radius 3 is 2.79 bits per heavy atom. The maximum absolute atomic E-state index is 13.0. The van der Waals surface area contributed by atoms with E-state index in [0.717, 1.165) is 30.3 Å². The lowest BCUT2D eigenvalue weighted by Gasteiger charge is -2.43. The summed E-state index contributed by atoms with van der Waals surface area (Å²) < 4.78 is 0. The molecule has 2 aromatic rings. The van der Waals surface area contributed by atoms with E-state index in [0.29, 0.717) is 11.7 Å². The summed E-state index contributed by atoms with van der Waals surface area (Å²) in [7, 11) is 0. The molecule has 0 bridgehead atoms. The molecule has 1 aliphatic carbocycles. The van der Waals surface area contributed by atoms with Crippen molar-refractivity contribution in [2.24, 2.45) is 5.92 Å². The molecule has 1 aromatic carbocycles. The van der Waals surface area contributed by atoms with Crippen LogP contribution >= 0.6 is 11.3 Å². The molecular weight excluding hydrogens is 316 g/mol. The molecule has 4 heteroatoms. The Labute approximate surface area is 147 Å². The van der Waals surface area contributed by atoms with E-state index < -0.39 is 0 Å². The molecule has 1 amide bonds. The number of amides is 1. The lowest BCUT2D eigenvalue weighted by atomic mass is 9.78. The molecule has 1 saturated carbocycles. The van der Waals surface area contributed by atoms with Crippen molar-refractivity contribution in [3.8, 4) is 0 Å². The Morgan fingerprint density at radius 1 is 1.12 bits per heavy atom. The average Bonchev–Trinajstić information content (AvgIpc) is 3.10. The number of piperidine rings is 1. The first-order chi connectivity index (χ1) is 11.8. The van der Waals surface area contributed by atoms with Gasteiger partial charge in [-0.1, -0.05) is 43.2 Å². The predicted octanol–water partition coefficient (Wildman–Crippen LogP) is 4.53. The van der Waals surface area contributed by atoms with Gasteiger partial charge < -0.3 is 4.90 Å². The number of hydrogen-bond acceptors (Lipinski definition) is 3. The monoisotopic (exact) mass is 340 g/mol. The molecule has 0 N–H and O–H groups in total. The molecule has 0 spiro atoms. The minimum atomic E-state index is 0.155. The normalized spacial score (nSPS) is 23.8. The highest BCUT2D eigenvalue weighted by Gasteiger charge is 2.36. The molecular formula is C20H24N2OS. The van der Waals surface area contributed by atoms with Crippen molar-refractivity contribution in [1.29, 1.82) is 0 Å². The van der Waals surface area contributed by atoms with Crippen LogP contribution in [0.4, 0.5) is 0 Å². The molecule has 1 saturated heterocycles. The quantitative estimate of drug-likeness (QED) is 0.822.